The molecule has 1 N–H and O–H groups in total. The highest BCUT2D eigenvalue weighted by Crippen LogP contribution is 2.06. The molecule has 0 spiro atoms. The lowest BCUT2D eigenvalue weighted by atomic mass is 10.1. The molecule has 1 aromatic rings. The Morgan fingerprint density at radius 2 is 2.21 bits per heavy atom. The Kier molecular flexibility index (Phi) is 3.60. The molecule has 0 fully saturated rings. The summed E-state index contributed by atoms with van der Waals surface area (Å²) in [5.74, 6) is -0.559. The van der Waals surface area contributed by atoms with E-state index in [0.717, 1.165) is 11.8 Å². The summed E-state index contributed by atoms with van der Waals surface area (Å²) in [4.78, 5) is 18.6. The minimum atomic E-state index is -0.559. The molecular formula is C9H10N2O3. The maximum Gasteiger partial charge on any atom is 0.337 e. The molecule has 0 unspecified atom stereocenters. The number of aliphatic hydroxyl groups excluding tert-OH is 1. The third kappa shape index (κ3) is 2.55. The molecule has 0 aliphatic carbocycles. The first kappa shape index (κ1) is 10.2. The van der Waals surface area contributed by atoms with Crippen molar-refractivity contribution in [2.75, 3.05) is 7.11 Å². The van der Waals surface area contributed by atoms with Crippen LogP contribution in [0.1, 0.15) is 5.56 Å². The van der Waals surface area contributed by atoms with Crippen molar-refractivity contribution < 1.29 is 14.6 Å². The fourth-order valence-corrected chi connectivity index (χ4v) is 0.943. The molecule has 1 aromatic heterocycles. The Hall–Kier alpha value is -1.91. The van der Waals surface area contributed by atoms with Crippen LogP contribution in [0.2, 0.25) is 0 Å². The van der Waals surface area contributed by atoms with Gasteiger partial charge < -0.3 is 9.84 Å². The summed E-state index contributed by atoms with van der Waals surface area (Å²) in [6, 6.07) is 0. The van der Waals surface area contributed by atoms with Gasteiger partial charge in [0.05, 0.1) is 18.9 Å². The van der Waals surface area contributed by atoms with Crippen molar-refractivity contribution in [2.24, 2.45) is 0 Å². The van der Waals surface area contributed by atoms with E-state index in [0.29, 0.717) is 0 Å². The van der Waals surface area contributed by atoms with Crippen molar-refractivity contribution in [3.8, 4) is 0 Å². The number of esters is 1. The van der Waals surface area contributed by atoms with Crippen molar-refractivity contribution in [1.82, 2.24) is 9.97 Å². The largest absolute Gasteiger partial charge is 0.515 e. The predicted molar refractivity (Wildman–Crippen MR) is 48.5 cm³/mol. The number of ether oxygens (including phenoxy) is 1. The molecule has 5 heteroatoms. The maximum atomic E-state index is 11.1. The van der Waals surface area contributed by atoms with Crippen LogP contribution in [-0.4, -0.2) is 28.2 Å². The molecule has 0 aliphatic heterocycles. The van der Waals surface area contributed by atoms with E-state index in [2.05, 4.69) is 14.7 Å². The Balaban J connectivity index is 2.73. The first-order chi connectivity index (χ1) is 6.77. The summed E-state index contributed by atoms with van der Waals surface area (Å²) in [6.07, 6.45) is 5.52. The van der Waals surface area contributed by atoms with E-state index in [9.17, 15) is 4.79 Å². The highest BCUT2D eigenvalue weighted by atomic mass is 16.5. The van der Waals surface area contributed by atoms with E-state index in [1.165, 1.54) is 13.4 Å². The molecule has 0 bridgehead atoms. The van der Waals surface area contributed by atoms with Gasteiger partial charge in [0.1, 0.15) is 6.33 Å². The number of hydrogen-bond acceptors (Lipinski definition) is 5. The van der Waals surface area contributed by atoms with Crippen molar-refractivity contribution >= 4 is 5.97 Å². The van der Waals surface area contributed by atoms with Crippen molar-refractivity contribution in [3.63, 3.8) is 0 Å². The molecule has 0 aromatic carbocycles. The second-order valence-corrected chi connectivity index (χ2v) is 2.57. The number of aliphatic hydroxyl groups is 1. The van der Waals surface area contributed by atoms with Crippen LogP contribution in [0.25, 0.3) is 0 Å². The predicted octanol–water partition coefficient (Wildman–Crippen LogP) is 0.634. The first-order valence-electron chi connectivity index (χ1n) is 3.93. The van der Waals surface area contributed by atoms with Gasteiger partial charge in [-0.2, -0.15) is 0 Å². The summed E-state index contributed by atoms with van der Waals surface area (Å²) in [5.41, 5.74) is 0.903. The van der Waals surface area contributed by atoms with E-state index in [-0.39, 0.29) is 12.0 Å². The molecule has 0 saturated carbocycles. The SMILES string of the molecule is COC(=O)C(=CO)Cc1cncnc1. The molecular weight excluding hydrogens is 184 g/mol. The van der Waals surface area contributed by atoms with Crippen LogP contribution >= 0.6 is 0 Å². The van der Waals surface area contributed by atoms with Gasteiger partial charge in [0.25, 0.3) is 0 Å². The molecule has 0 saturated heterocycles. The molecule has 74 valence electrons. The van der Waals surface area contributed by atoms with Crippen LogP contribution < -0.4 is 0 Å². The van der Waals surface area contributed by atoms with Crippen LogP contribution in [0.5, 0.6) is 0 Å². The number of aromatic nitrogens is 2. The summed E-state index contributed by atoms with van der Waals surface area (Å²) < 4.78 is 4.47. The highest BCUT2D eigenvalue weighted by Gasteiger charge is 2.10. The average Bonchev–Trinajstić information content (AvgIpc) is 2.26. The van der Waals surface area contributed by atoms with Gasteiger partial charge in [0, 0.05) is 18.8 Å². The third-order valence-electron chi connectivity index (χ3n) is 1.61. The summed E-state index contributed by atoms with van der Waals surface area (Å²) >= 11 is 0. The fourth-order valence-electron chi connectivity index (χ4n) is 0.943. The summed E-state index contributed by atoms with van der Waals surface area (Å²) in [6.45, 7) is 0. The number of rotatable bonds is 3. The van der Waals surface area contributed by atoms with Crippen LogP contribution in [0.4, 0.5) is 0 Å². The number of methoxy groups -OCH3 is 1. The lowest BCUT2D eigenvalue weighted by molar-refractivity contribution is -0.136. The number of nitrogens with zero attached hydrogens (tertiary/aromatic N) is 2. The topological polar surface area (TPSA) is 72.3 Å². The van der Waals surface area contributed by atoms with E-state index >= 15 is 0 Å². The first-order valence-corrected chi connectivity index (χ1v) is 3.93. The van der Waals surface area contributed by atoms with Gasteiger partial charge in [-0.05, 0) is 5.56 Å². The zero-order chi connectivity index (χ0) is 10.4. The number of hydrogen-bond donors (Lipinski definition) is 1. The molecule has 0 aliphatic rings. The van der Waals surface area contributed by atoms with Crippen molar-refractivity contribution in [2.45, 2.75) is 6.42 Å². The van der Waals surface area contributed by atoms with Gasteiger partial charge in [-0.25, -0.2) is 14.8 Å². The maximum absolute atomic E-state index is 11.1. The lowest BCUT2D eigenvalue weighted by Gasteiger charge is -2.02. The van der Waals surface area contributed by atoms with Gasteiger partial charge in [-0.15, -0.1) is 0 Å². The standard InChI is InChI=1S/C9H10N2O3/c1-14-9(13)8(5-12)2-7-3-10-6-11-4-7/h3-6,12H,2H2,1H3. The highest BCUT2D eigenvalue weighted by molar-refractivity contribution is 5.88. The van der Waals surface area contributed by atoms with Crippen LogP contribution in [0, 0.1) is 0 Å². The zero-order valence-corrected chi connectivity index (χ0v) is 7.67. The van der Waals surface area contributed by atoms with E-state index in [1.54, 1.807) is 12.4 Å². The van der Waals surface area contributed by atoms with Crippen molar-refractivity contribution in [3.05, 3.63) is 36.1 Å². The Bertz CT molecular complexity index is 335. The van der Waals surface area contributed by atoms with E-state index < -0.39 is 5.97 Å². The van der Waals surface area contributed by atoms with Gasteiger partial charge in [0.15, 0.2) is 0 Å². The molecule has 14 heavy (non-hydrogen) atoms. The van der Waals surface area contributed by atoms with Gasteiger partial charge in [0.2, 0.25) is 0 Å². The fraction of sp³-hybridized carbons (Fsp3) is 0.222. The Morgan fingerprint density at radius 3 is 2.71 bits per heavy atom. The summed E-state index contributed by atoms with van der Waals surface area (Å²) in [7, 11) is 1.26. The minimum Gasteiger partial charge on any atom is -0.515 e. The number of carbonyl (C=O) groups excluding carboxylic acids is 1. The zero-order valence-electron chi connectivity index (χ0n) is 7.67. The monoisotopic (exact) mass is 194 g/mol. The van der Waals surface area contributed by atoms with Crippen LogP contribution in [0.3, 0.4) is 0 Å². The Morgan fingerprint density at radius 1 is 1.57 bits per heavy atom. The third-order valence-corrected chi connectivity index (χ3v) is 1.61. The molecule has 5 nitrogen and oxygen atoms in total. The smallest absolute Gasteiger partial charge is 0.337 e. The molecule has 0 atom stereocenters. The second kappa shape index (κ2) is 4.96. The second-order valence-electron chi connectivity index (χ2n) is 2.57. The summed E-state index contributed by atoms with van der Waals surface area (Å²) in [5, 5.41) is 8.79. The number of carbonyl (C=O) groups is 1. The lowest BCUT2D eigenvalue weighted by Crippen LogP contribution is -2.07. The Labute approximate surface area is 81.1 Å². The van der Waals surface area contributed by atoms with E-state index in [4.69, 9.17) is 5.11 Å². The minimum absolute atomic E-state index is 0.169. The molecule has 1 rings (SSSR count). The van der Waals surface area contributed by atoms with E-state index in [1.807, 2.05) is 0 Å². The van der Waals surface area contributed by atoms with Gasteiger partial charge >= 0.3 is 5.97 Å². The van der Waals surface area contributed by atoms with Gasteiger partial charge in [-0.1, -0.05) is 0 Å². The quantitative estimate of drug-likeness (QED) is 0.434. The van der Waals surface area contributed by atoms with Crippen molar-refractivity contribution in [1.29, 1.82) is 0 Å². The van der Waals surface area contributed by atoms with Crippen LogP contribution in [-0.2, 0) is 16.0 Å². The average molecular weight is 194 g/mol. The normalized spacial score (nSPS) is 11.1. The molecule has 0 radical (unpaired) electrons. The van der Waals surface area contributed by atoms with Crippen LogP contribution in [0.15, 0.2) is 30.6 Å². The molecule has 0 amide bonds. The molecule has 1 heterocycles. The van der Waals surface area contributed by atoms with Gasteiger partial charge in [-0.3, -0.25) is 0 Å².